The average molecular weight is 615 g/mol. The van der Waals surface area contributed by atoms with Crippen molar-refractivity contribution in [2.24, 2.45) is 0 Å². The van der Waals surface area contributed by atoms with Crippen molar-refractivity contribution < 1.29 is 23.1 Å². The zero-order chi connectivity index (χ0) is 29.6. The molecule has 0 aromatic heterocycles. The number of sulfonamides is 1. The molecule has 4 aromatic rings. The fraction of sp³-hybridized carbons (Fsp3) is 0.200. The lowest BCUT2D eigenvalue weighted by atomic mass is 10.0. The predicted octanol–water partition coefficient (Wildman–Crippen LogP) is 7.16. The molecule has 0 spiro atoms. The zero-order valence-corrected chi connectivity index (χ0v) is 24.6. The van der Waals surface area contributed by atoms with Gasteiger partial charge in [-0.3, -0.25) is 9.52 Å². The third-order valence-corrected chi connectivity index (χ3v) is 8.22. The van der Waals surface area contributed by atoms with Gasteiger partial charge in [-0.05, 0) is 64.7 Å². The SMILES string of the molecule is CCCCN(Cc1ccc(CNC(=O)c2cccc3cc(NS(=O)(=O)c4cc(Cl)cc(Cl)c4)ccc23)cc1)C(=O)O. The lowest BCUT2D eigenvalue weighted by Crippen LogP contribution is -2.29. The molecule has 0 radical (unpaired) electrons. The molecule has 0 heterocycles. The largest absolute Gasteiger partial charge is 0.465 e. The normalized spacial score (nSPS) is 11.3. The quantitative estimate of drug-likeness (QED) is 0.166. The number of fused-ring (bicyclic) bond motifs is 1. The van der Waals surface area contributed by atoms with E-state index in [9.17, 15) is 23.1 Å². The summed E-state index contributed by atoms with van der Waals surface area (Å²) in [5, 5.41) is 14.1. The maximum atomic E-state index is 13.1. The Morgan fingerprint density at radius 3 is 2.24 bits per heavy atom. The van der Waals surface area contributed by atoms with Gasteiger partial charge in [0.05, 0.1) is 4.90 Å². The first kappa shape index (κ1) is 30.2. The maximum Gasteiger partial charge on any atom is 0.407 e. The summed E-state index contributed by atoms with van der Waals surface area (Å²) in [4.78, 5) is 25.9. The number of amides is 2. The predicted molar refractivity (Wildman–Crippen MR) is 162 cm³/mol. The lowest BCUT2D eigenvalue weighted by Gasteiger charge is -2.19. The van der Waals surface area contributed by atoms with Crippen molar-refractivity contribution in [2.75, 3.05) is 11.3 Å². The van der Waals surface area contributed by atoms with Crippen LogP contribution in [0.15, 0.2) is 83.8 Å². The van der Waals surface area contributed by atoms with Crippen LogP contribution in [0.1, 0.15) is 41.3 Å². The Bertz CT molecular complexity index is 1660. The monoisotopic (exact) mass is 613 g/mol. The van der Waals surface area contributed by atoms with Gasteiger partial charge in [0.2, 0.25) is 0 Å². The molecule has 0 aliphatic rings. The Labute approximate surface area is 248 Å². The molecule has 0 fully saturated rings. The number of rotatable bonds is 11. The Morgan fingerprint density at radius 1 is 0.902 bits per heavy atom. The van der Waals surface area contributed by atoms with Gasteiger partial charge in [-0.15, -0.1) is 0 Å². The first-order chi connectivity index (χ1) is 19.6. The van der Waals surface area contributed by atoms with Crippen LogP contribution >= 0.6 is 23.2 Å². The number of nitrogens with one attached hydrogen (secondary N) is 2. The summed E-state index contributed by atoms with van der Waals surface area (Å²) in [6, 6.07) is 21.7. The molecule has 0 saturated heterocycles. The van der Waals surface area contributed by atoms with Crippen LogP contribution in [0.2, 0.25) is 10.0 Å². The fourth-order valence-electron chi connectivity index (χ4n) is 4.29. The number of unbranched alkanes of at least 4 members (excludes halogenated alkanes) is 1. The number of anilines is 1. The number of halogens is 2. The fourth-order valence-corrected chi connectivity index (χ4v) is 6.07. The first-order valence-electron chi connectivity index (χ1n) is 12.9. The summed E-state index contributed by atoms with van der Waals surface area (Å²) in [7, 11) is -3.94. The third-order valence-electron chi connectivity index (χ3n) is 6.43. The second-order valence-electron chi connectivity index (χ2n) is 9.51. The summed E-state index contributed by atoms with van der Waals surface area (Å²) in [5.41, 5.74) is 2.51. The maximum absolute atomic E-state index is 13.1. The molecule has 11 heteroatoms. The van der Waals surface area contributed by atoms with Crippen LogP contribution < -0.4 is 10.0 Å². The van der Waals surface area contributed by atoms with Gasteiger partial charge >= 0.3 is 6.09 Å². The smallest absolute Gasteiger partial charge is 0.407 e. The topological polar surface area (TPSA) is 116 Å². The molecule has 214 valence electrons. The summed E-state index contributed by atoms with van der Waals surface area (Å²) >= 11 is 11.9. The van der Waals surface area contributed by atoms with E-state index in [4.69, 9.17) is 23.2 Å². The molecule has 0 unspecified atom stereocenters. The van der Waals surface area contributed by atoms with E-state index in [-0.39, 0.29) is 27.4 Å². The Balaban J connectivity index is 1.43. The lowest BCUT2D eigenvalue weighted by molar-refractivity contribution is 0.0952. The van der Waals surface area contributed by atoms with Gasteiger partial charge in [0.15, 0.2) is 0 Å². The van der Waals surface area contributed by atoms with Crippen molar-refractivity contribution in [1.29, 1.82) is 0 Å². The van der Waals surface area contributed by atoms with E-state index in [0.717, 1.165) is 24.0 Å². The highest BCUT2D eigenvalue weighted by Gasteiger charge is 2.17. The van der Waals surface area contributed by atoms with Crippen molar-refractivity contribution in [2.45, 2.75) is 37.8 Å². The molecule has 0 aliphatic carbocycles. The number of benzene rings is 4. The molecule has 2 amide bonds. The van der Waals surface area contributed by atoms with Crippen LogP contribution in [-0.4, -0.2) is 37.0 Å². The van der Waals surface area contributed by atoms with Crippen LogP contribution in [0, 0.1) is 0 Å². The van der Waals surface area contributed by atoms with E-state index in [1.165, 1.54) is 23.1 Å². The summed E-state index contributed by atoms with van der Waals surface area (Å²) in [6.07, 6.45) is 0.777. The van der Waals surface area contributed by atoms with Crippen LogP contribution in [0.4, 0.5) is 10.5 Å². The van der Waals surface area contributed by atoms with Gasteiger partial charge in [-0.2, -0.15) is 0 Å². The number of carboxylic acid groups (broad SMARTS) is 1. The molecule has 8 nitrogen and oxygen atoms in total. The van der Waals surface area contributed by atoms with E-state index in [1.54, 1.807) is 36.4 Å². The van der Waals surface area contributed by atoms with Gasteiger partial charge in [0, 0.05) is 40.9 Å². The number of hydrogen-bond donors (Lipinski definition) is 3. The highest BCUT2D eigenvalue weighted by atomic mass is 35.5. The molecular formula is C30H29Cl2N3O5S. The van der Waals surface area contributed by atoms with E-state index in [2.05, 4.69) is 10.0 Å². The van der Waals surface area contributed by atoms with E-state index >= 15 is 0 Å². The summed E-state index contributed by atoms with van der Waals surface area (Å²) in [5.74, 6) is -0.279. The molecule has 0 saturated carbocycles. The van der Waals surface area contributed by atoms with Crippen LogP contribution in [0.25, 0.3) is 10.8 Å². The standard InChI is InChI=1S/C30H29Cl2N3O5S/c1-2-3-13-35(30(37)38)19-21-9-7-20(8-10-21)18-33-29(36)28-6-4-5-22-14-25(11-12-27(22)28)34-41(39,40)26-16-23(31)15-24(32)17-26/h4-12,14-17,34H,2-3,13,18-19H2,1H3,(H,33,36)(H,37,38). The first-order valence-corrected chi connectivity index (χ1v) is 15.1. The van der Waals surface area contributed by atoms with Gasteiger partial charge in [-0.25, -0.2) is 13.2 Å². The van der Waals surface area contributed by atoms with E-state index in [1.807, 2.05) is 31.2 Å². The number of carbonyl (C=O) groups is 2. The molecule has 4 aromatic carbocycles. The molecule has 0 atom stereocenters. The Morgan fingerprint density at radius 2 is 1.59 bits per heavy atom. The van der Waals surface area contributed by atoms with Gasteiger partial charge in [0.25, 0.3) is 15.9 Å². The van der Waals surface area contributed by atoms with Crippen LogP contribution in [-0.2, 0) is 23.1 Å². The number of carbonyl (C=O) groups excluding carboxylic acids is 1. The number of nitrogens with zero attached hydrogens (tertiary/aromatic N) is 1. The van der Waals surface area contributed by atoms with Crippen LogP contribution in [0.5, 0.6) is 0 Å². The summed E-state index contributed by atoms with van der Waals surface area (Å²) < 4.78 is 28.3. The zero-order valence-electron chi connectivity index (χ0n) is 22.2. The second-order valence-corrected chi connectivity index (χ2v) is 12.1. The van der Waals surface area contributed by atoms with Crippen molar-refractivity contribution in [3.05, 3.63) is 106 Å². The third kappa shape index (κ3) is 7.91. The number of hydrogen-bond acceptors (Lipinski definition) is 4. The second kappa shape index (κ2) is 13.2. The Hall–Kier alpha value is -3.79. The highest BCUT2D eigenvalue weighted by Crippen LogP contribution is 2.27. The van der Waals surface area contributed by atoms with Crippen molar-refractivity contribution >= 4 is 61.7 Å². The van der Waals surface area contributed by atoms with Gasteiger partial charge in [0.1, 0.15) is 0 Å². The Kier molecular flexibility index (Phi) is 9.75. The van der Waals surface area contributed by atoms with E-state index < -0.39 is 16.1 Å². The van der Waals surface area contributed by atoms with Gasteiger partial charge < -0.3 is 15.3 Å². The molecular weight excluding hydrogens is 585 g/mol. The van der Waals surface area contributed by atoms with Gasteiger partial charge in [-0.1, -0.05) is 79.0 Å². The van der Waals surface area contributed by atoms with Crippen molar-refractivity contribution in [3.8, 4) is 0 Å². The van der Waals surface area contributed by atoms with E-state index in [0.29, 0.717) is 35.1 Å². The van der Waals surface area contributed by atoms with Crippen molar-refractivity contribution in [3.63, 3.8) is 0 Å². The minimum atomic E-state index is -3.94. The summed E-state index contributed by atoms with van der Waals surface area (Å²) in [6.45, 7) is 3.10. The average Bonchev–Trinajstić information content (AvgIpc) is 2.93. The molecule has 41 heavy (non-hydrogen) atoms. The molecule has 4 rings (SSSR count). The van der Waals surface area contributed by atoms with Crippen LogP contribution in [0.3, 0.4) is 0 Å². The highest BCUT2D eigenvalue weighted by molar-refractivity contribution is 7.92. The van der Waals surface area contributed by atoms with Crippen molar-refractivity contribution in [1.82, 2.24) is 10.2 Å². The minimum absolute atomic E-state index is 0.0630. The molecule has 0 aliphatic heterocycles. The molecule has 3 N–H and O–H groups in total. The molecule has 0 bridgehead atoms. The minimum Gasteiger partial charge on any atom is -0.465 e.